The first-order chi connectivity index (χ1) is 16.2. The van der Waals surface area contributed by atoms with E-state index in [4.69, 9.17) is 21.1 Å². The predicted octanol–water partition coefficient (Wildman–Crippen LogP) is 2.27. The van der Waals surface area contributed by atoms with Crippen molar-refractivity contribution in [2.45, 2.75) is 70.9 Å². The topological polar surface area (TPSA) is 114 Å². The third-order valence-corrected chi connectivity index (χ3v) is 6.28. The van der Waals surface area contributed by atoms with Gasteiger partial charge in [0, 0.05) is 6.54 Å². The summed E-state index contributed by atoms with van der Waals surface area (Å²) in [7, 11) is 0. The van der Waals surface area contributed by atoms with E-state index in [2.05, 4.69) is 10.6 Å². The molecule has 2 aliphatic rings. The maximum absolute atomic E-state index is 13.4. The molecule has 2 heterocycles. The van der Waals surface area contributed by atoms with Gasteiger partial charge in [-0.15, -0.1) is 0 Å². The molecule has 0 aliphatic carbocycles. The summed E-state index contributed by atoms with van der Waals surface area (Å²) in [6.07, 6.45) is 1.07. The SMILES string of the molecule is CCCO[C@@H]1OC(=O)C[C@@H]1NC(=O)[C@@H]1CCCN1C(=O)[C@@H](NC(=O)c1ccccc1Cl)C(C)C. The Hall–Kier alpha value is -2.65. The van der Waals surface area contributed by atoms with Gasteiger partial charge in [-0.3, -0.25) is 19.2 Å². The van der Waals surface area contributed by atoms with Crippen molar-refractivity contribution in [1.82, 2.24) is 15.5 Å². The van der Waals surface area contributed by atoms with E-state index in [9.17, 15) is 19.2 Å². The first kappa shape index (κ1) is 26.0. The molecule has 2 saturated heterocycles. The minimum absolute atomic E-state index is 0.0172. The first-order valence-corrected chi connectivity index (χ1v) is 12.1. The number of nitrogens with one attached hydrogen (secondary N) is 2. The second-order valence-electron chi connectivity index (χ2n) is 8.91. The predicted molar refractivity (Wildman–Crippen MR) is 125 cm³/mol. The molecule has 3 amide bonds. The van der Waals surface area contributed by atoms with Crippen LogP contribution in [0.5, 0.6) is 0 Å². The zero-order chi connectivity index (χ0) is 24.8. The molecule has 1 aromatic carbocycles. The highest BCUT2D eigenvalue weighted by Gasteiger charge is 2.42. The van der Waals surface area contributed by atoms with E-state index >= 15 is 0 Å². The number of hydrogen-bond acceptors (Lipinski definition) is 6. The summed E-state index contributed by atoms with van der Waals surface area (Å²) >= 11 is 6.13. The molecule has 3 rings (SSSR count). The average Bonchev–Trinajstić information content (AvgIpc) is 3.42. The van der Waals surface area contributed by atoms with E-state index in [1.165, 1.54) is 4.90 Å². The molecule has 0 aromatic heterocycles. The maximum atomic E-state index is 13.4. The van der Waals surface area contributed by atoms with Crippen molar-refractivity contribution in [3.05, 3.63) is 34.9 Å². The van der Waals surface area contributed by atoms with Gasteiger partial charge >= 0.3 is 5.97 Å². The zero-order valence-corrected chi connectivity index (χ0v) is 20.5. The zero-order valence-electron chi connectivity index (χ0n) is 19.7. The van der Waals surface area contributed by atoms with Gasteiger partial charge in [0.1, 0.15) is 18.1 Å². The standard InChI is InChI=1S/C24H32ClN3O6/c1-4-12-33-24-17(13-19(29)34-24)26-22(31)18-10-7-11-28(18)23(32)20(14(2)3)27-21(30)15-8-5-6-9-16(15)25/h5-6,8-9,14,17-18,20,24H,4,7,10-13H2,1-3H3,(H,26,31)(H,27,30)/t17-,18-,20-,24+/m0/s1. The molecule has 9 nitrogen and oxygen atoms in total. The number of rotatable bonds is 9. The Bertz CT molecular complexity index is 924. The summed E-state index contributed by atoms with van der Waals surface area (Å²) in [5, 5.41) is 5.91. The van der Waals surface area contributed by atoms with Crippen LogP contribution in [0.1, 0.15) is 56.8 Å². The Morgan fingerprint density at radius 1 is 1.26 bits per heavy atom. The van der Waals surface area contributed by atoms with Gasteiger partial charge < -0.3 is 25.0 Å². The number of cyclic esters (lactones) is 1. The Labute approximate surface area is 204 Å². The average molecular weight is 494 g/mol. The van der Waals surface area contributed by atoms with E-state index in [0.29, 0.717) is 31.0 Å². The molecular formula is C24H32ClN3O6. The molecular weight excluding hydrogens is 462 g/mol. The summed E-state index contributed by atoms with van der Waals surface area (Å²) < 4.78 is 10.7. The molecule has 0 unspecified atom stereocenters. The first-order valence-electron chi connectivity index (χ1n) is 11.7. The van der Waals surface area contributed by atoms with Gasteiger partial charge in [-0.1, -0.05) is 44.5 Å². The fourth-order valence-electron chi connectivity index (χ4n) is 4.18. The number of likely N-dealkylation sites (tertiary alicyclic amines) is 1. The number of carbonyl (C=O) groups is 4. The molecule has 0 spiro atoms. The Kier molecular flexibility index (Phi) is 8.90. The van der Waals surface area contributed by atoms with Crippen molar-refractivity contribution in [2.75, 3.05) is 13.2 Å². The molecule has 0 bridgehead atoms. The lowest BCUT2D eigenvalue weighted by Gasteiger charge is -2.31. The smallest absolute Gasteiger partial charge is 0.310 e. The van der Waals surface area contributed by atoms with Gasteiger partial charge in [0.05, 0.1) is 23.6 Å². The van der Waals surface area contributed by atoms with E-state index in [-0.39, 0.29) is 29.7 Å². The molecule has 2 aliphatic heterocycles. The van der Waals surface area contributed by atoms with Gasteiger partial charge in [0.15, 0.2) is 0 Å². The van der Waals surface area contributed by atoms with Crippen LogP contribution in [0.15, 0.2) is 24.3 Å². The molecule has 1 aromatic rings. The number of hydrogen-bond donors (Lipinski definition) is 2. The number of ether oxygens (including phenoxy) is 2. The van der Waals surface area contributed by atoms with E-state index in [1.807, 2.05) is 20.8 Å². The Morgan fingerprint density at radius 2 is 2.00 bits per heavy atom. The minimum atomic E-state index is -0.833. The third kappa shape index (κ3) is 6.07. The van der Waals surface area contributed by atoms with Crippen molar-refractivity contribution in [1.29, 1.82) is 0 Å². The summed E-state index contributed by atoms with van der Waals surface area (Å²) in [4.78, 5) is 52.6. The van der Waals surface area contributed by atoms with Gasteiger partial charge in [0.2, 0.25) is 18.1 Å². The molecule has 10 heteroatoms. The number of benzene rings is 1. The van der Waals surface area contributed by atoms with Crippen molar-refractivity contribution in [2.24, 2.45) is 5.92 Å². The van der Waals surface area contributed by atoms with Crippen LogP contribution in [0.3, 0.4) is 0 Å². The Morgan fingerprint density at radius 3 is 2.68 bits per heavy atom. The summed E-state index contributed by atoms with van der Waals surface area (Å²) in [6, 6.07) is 4.49. The van der Waals surface area contributed by atoms with Crippen LogP contribution in [-0.4, -0.2) is 66.2 Å². The van der Waals surface area contributed by atoms with Gasteiger partial charge in [-0.25, -0.2) is 0 Å². The molecule has 34 heavy (non-hydrogen) atoms. The monoisotopic (exact) mass is 493 g/mol. The molecule has 0 radical (unpaired) electrons. The number of amides is 3. The molecule has 2 N–H and O–H groups in total. The number of carbonyl (C=O) groups excluding carboxylic acids is 4. The van der Waals surface area contributed by atoms with Gasteiger partial charge in [0.25, 0.3) is 5.91 Å². The highest BCUT2D eigenvalue weighted by molar-refractivity contribution is 6.33. The van der Waals surface area contributed by atoms with Crippen LogP contribution in [-0.2, 0) is 23.9 Å². The van der Waals surface area contributed by atoms with E-state index < -0.39 is 36.3 Å². The molecule has 186 valence electrons. The van der Waals surface area contributed by atoms with Crippen molar-refractivity contribution in [3.8, 4) is 0 Å². The second-order valence-corrected chi connectivity index (χ2v) is 9.32. The lowest BCUT2D eigenvalue weighted by atomic mass is 10.0. The molecule has 0 saturated carbocycles. The van der Waals surface area contributed by atoms with Crippen LogP contribution in [0.4, 0.5) is 0 Å². The summed E-state index contributed by atoms with van der Waals surface area (Å²) in [6.45, 7) is 6.40. The van der Waals surface area contributed by atoms with Crippen LogP contribution in [0.25, 0.3) is 0 Å². The van der Waals surface area contributed by atoms with Crippen LogP contribution < -0.4 is 10.6 Å². The van der Waals surface area contributed by atoms with Crippen molar-refractivity contribution < 1.29 is 28.7 Å². The van der Waals surface area contributed by atoms with E-state index in [0.717, 1.165) is 6.42 Å². The third-order valence-electron chi connectivity index (χ3n) is 5.95. The van der Waals surface area contributed by atoms with Gasteiger partial charge in [-0.05, 0) is 37.3 Å². The Balaban J connectivity index is 1.68. The van der Waals surface area contributed by atoms with Crippen LogP contribution in [0.2, 0.25) is 5.02 Å². The molecule has 2 fully saturated rings. The fraction of sp³-hybridized carbons (Fsp3) is 0.583. The fourth-order valence-corrected chi connectivity index (χ4v) is 4.40. The van der Waals surface area contributed by atoms with Crippen molar-refractivity contribution in [3.63, 3.8) is 0 Å². The highest BCUT2D eigenvalue weighted by atomic mass is 35.5. The highest BCUT2D eigenvalue weighted by Crippen LogP contribution is 2.23. The maximum Gasteiger partial charge on any atom is 0.310 e. The second kappa shape index (κ2) is 11.7. The number of nitrogens with zero attached hydrogens (tertiary/aromatic N) is 1. The number of esters is 1. The summed E-state index contributed by atoms with van der Waals surface area (Å²) in [5.74, 6) is -1.79. The largest absolute Gasteiger partial charge is 0.433 e. The summed E-state index contributed by atoms with van der Waals surface area (Å²) in [5.41, 5.74) is 0.280. The minimum Gasteiger partial charge on any atom is -0.433 e. The van der Waals surface area contributed by atoms with Crippen LogP contribution in [0, 0.1) is 5.92 Å². The lowest BCUT2D eigenvalue weighted by Crippen LogP contribution is -2.56. The number of halogens is 1. The quantitative estimate of drug-likeness (QED) is 0.510. The normalized spacial score (nSPS) is 23.0. The lowest BCUT2D eigenvalue weighted by molar-refractivity contribution is -0.165. The van der Waals surface area contributed by atoms with E-state index in [1.54, 1.807) is 24.3 Å². The molecule has 4 atom stereocenters. The van der Waals surface area contributed by atoms with Gasteiger partial charge in [-0.2, -0.15) is 0 Å². The van der Waals surface area contributed by atoms with Crippen molar-refractivity contribution >= 4 is 35.3 Å². The van der Waals surface area contributed by atoms with Crippen LogP contribution >= 0.6 is 11.6 Å².